The lowest BCUT2D eigenvalue weighted by molar-refractivity contribution is 0.00695. The number of aryl methyl sites for hydroxylation is 1. The number of hydrogen-bond donors (Lipinski definition) is 0. The number of nitrogens with zero attached hydrogens (tertiary/aromatic N) is 1. The lowest BCUT2D eigenvalue weighted by Gasteiger charge is -2.19. The molecule has 27 heavy (non-hydrogen) atoms. The molecule has 0 aliphatic heterocycles. The van der Waals surface area contributed by atoms with E-state index in [2.05, 4.69) is 15.9 Å². The number of benzene rings is 2. The first-order valence-electron chi connectivity index (χ1n) is 8.76. The summed E-state index contributed by atoms with van der Waals surface area (Å²) in [6.07, 6.45) is 1.88. The van der Waals surface area contributed by atoms with Gasteiger partial charge < -0.3 is 9.30 Å². The third kappa shape index (κ3) is 4.48. The molecule has 3 rings (SSSR count). The first-order chi connectivity index (χ1) is 12.6. The van der Waals surface area contributed by atoms with Crippen LogP contribution in [0.15, 0.2) is 57.9 Å². The van der Waals surface area contributed by atoms with Gasteiger partial charge in [-0.15, -0.1) is 0 Å². The smallest absolute Gasteiger partial charge is 0.338 e. The van der Waals surface area contributed by atoms with E-state index in [4.69, 9.17) is 4.74 Å². The molecule has 0 N–H and O–H groups in total. The summed E-state index contributed by atoms with van der Waals surface area (Å²) in [7, 11) is 0. The summed E-state index contributed by atoms with van der Waals surface area (Å²) in [4.78, 5) is 25.0. The number of ether oxygens (including phenoxy) is 1. The van der Waals surface area contributed by atoms with Crippen LogP contribution >= 0.6 is 15.9 Å². The SMILES string of the molecule is Cc1cn(Cc2ccc(C(=O)OC(C)(C)C)cc2)c(=O)c2cc(Br)ccc12. The molecular formula is C22H22BrNO3. The number of fused-ring (bicyclic) bond motifs is 1. The minimum Gasteiger partial charge on any atom is -0.456 e. The van der Waals surface area contributed by atoms with Crippen molar-refractivity contribution in [1.82, 2.24) is 4.57 Å². The summed E-state index contributed by atoms with van der Waals surface area (Å²) < 4.78 is 7.96. The van der Waals surface area contributed by atoms with E-state index < -0.39 is 5.60 Å². The predicted octanol–water partition coefficient (Wildman–Crippen LogP) is 5.08. The second kappa shape index (κ2) is 7.31. The van der Waals surface area contributed by atoms with Crippen LogP contribution in [0.1, 0.15) is 42.3 Å². The Bertz CT molecular complexity index is 1060. The Kier molecular flexibility index (Phi) is 5.24. The third-order valence-corrected chi connectivity index (χ3v) is 4.68. The quantitative estimate of drug-likeness (QED) is 0.547. The van der Waals surface area contributed by atoms with Crippen LogP contribution in [0.4, 0.5) is 0 Å². The first kappa shape index (κ1) is 19.4. The molecule has 1 aromatic heterocycles. The molecule has 0 saturated carbocycles. The number of pyridine rings is 1. The highest BCUT2D eigenvalue weighted by molar-refractivity contribution is 9.10. The highest BCUT2D eigenvalue weighted by atomic mass is 79.9. The van der Waals surface area contributed by atoms with Crippen molar-refractivity contribution in [2.45, 2.75) is 39.8 Å². The summed E-state index contributed by atoms with van der Waals surface area (Å²) >= 11 is 3.43. The number of rotatable bonds is 3. The van der Waals surface area contributed by atoms with E-state index in [0.717, 1.165) is 21.0 Å². The second-order valence-corrected chi connectivity index (χ2v) is 8.55. The molecule has 2 aromatic carbocycles. The molecule has 0 saturated heterocycles. The van der Waals surface area contributed by atoms with Crippen molar-refractivity contribution in [3.8, 4) is 0 Å². The van der Waals surface area contributed by atoms with Crippen LogP contribution in [0.3, 0.4) is 0 Å². The molecular weight excluding hydrogens is 406 g/mol. The number of aromatic nitrogens is 1. The van der Waals surface area contributed by atoms with Crippen LogP contribution < -0.4 is 5.56 Å². The van der Waals surface area contributed by atoms with Gasteiger partial charge in [-0.2, -0.15) is 0 Å². The number of halogens is 1. The average molecular weight is 428 g/mol. The van der Waals surface area contributed by atoms with Gasteiger partial charge in [0.1, 0.15) is 5.60 Å². The Morgan fingerprint density at radius 2 is 1.74 bits per heavy atom. The highest BCUT2D eigenvalue weighted by Gasteiger charge is 2.17. The molecule has 0 amide bonds. The number of carbonyl (C=O) groups is 1. The Balaban J connectivity index is 1.89. The lowest BCUT2D eigenvalue weighted by Crippen LogP contribution is -2.24. The molecule has 0 aliphatic rings. The molecule has 4 nitrogen and oxygen atoms in total. The predicted molar refractivity (Wildman–Crippen MR) is 111 cm³/mol. The number of hydrogen-bond acceptors (Lipinski definition) is 3. The average Bonchev–Trinajstić information content (AvgIpc) is 2.58. The van der Waals surface area contributed by atoms with E-state index in [9.17, 15) is 9.59 Å². The van der Waals surface area contributed by atoms with Gasteiger partial charge in [-0.1, -0.05) is 34.1 Å². The van der Waals surface area contributed by atoms with Crippen LogP contribution in [0.25, 0.3) is 10.8 Å². The minimum atomic E-state index is -0.528. The van der Waals surface area contributed by atoms with Crippen molar-refractivity contribution in [3.05, 3.63) is 80.2 Å². The fourth-order valence-electron chi connectivity index (χ4n) is 2.95. The van der Waals surface area contributed by atoms with Gasteiger partial charge >= 0.3 is 5.97 Å². The van der Waals surface area contributed by atoms with Gasteiger partial charge in [0, 0.05) is 16.1 Å². The molecule has 0 unspecified atom stereocenters. The van der Waals surface area contributed by atoms with Gasteiger partial charge in [-0.25, -0.2) is 4.79 Å². The van der Waals surface area contributed by atoms with Crippen molar-refractivity contribution >= 4 is 32.7 Å². The normalized spacial score (nSPS) is 11.6. The Labute approximate surface area is 166 Å². The standard InChI is InChI=1S/C22H22BrNO3/c1-14-12-24(20(25)19-11-17(23)9-10-18(14)19)13-15-5-7-16(8-6-15)21(26)27-22(2,3)4/h5-12H,13H2,1-4H3. The Morgan fingerprint density at radius 3 is 2.37 bits per heavy atom. The molecule has 0 fully saturated rings. The molecule has 0 bridgehead atoms. The van der Waals surface area contributed by atoms with Crippen LogP contribution in [0, 0.1) is 6.92 Å². The van der Waals surface area contributed by atoms with Crippen LogP contribution in [-0.2, 0) is 11.3 Å². The van der Waals surface area contributed by atoms with Gasteiger partial charge in [0.15, 0.2) is 0 Å². The zero-order chi connectivity index (χ0) is 19.8. The van der Waals surface area contributed by atoms with Gasteiger partial charge in [0.2, 0.25) is 0 Å². The number of esters is 1. The maximum Gasteiger partial charge on any atom is 0.338 e. The van der Waals surface area contributed by atoms with Crippen LogP contribution in [-0.4, -0.2) is 16.1 Å². The summed E-state index contributed by atoms with van der Waals surface area (Å²) in [5.41, 5.74) is 1.92. The topological polar surface area (TPSA) is 48.3 Å². The molecule has 140 valence electrons. The summed E-state index contributed by atoms with van der Waals surface area (Å²) in [6, 6.07) is 12.9. The van der Waals surface area contributed by atoms with Crippen molar-refractivity contribution < 1.29 is 9.53 Å². The van der Waals surface area contributed by atoms with Gasteiger partial charge in [-0.3, -0.25) is 4.79 Å². The van der Waals surface area contributed by atoms with Crippen molar-refractivity contribution in [2.24, 2.45) is 0 Å². The molecule has 0 radical (unpaired) electrons. The summed E-state index contributed by atoms with van der Waals surface area (Å²) in [5.74, 6) is -0.349. The molecule has 3 aromatic rings. The van der Waals surface area contributed by atoms with Crippen molar-refractivity contribution in [3.63, 3.8) is 0 Å². The number of carbonyl (C=O) groups excluding carboxylic acids is 1. The maximum absolute atomic E-state index is 12.8. The monoisotopic (exact) mass is 427 g/mol. The maximum atomic E-state index is 12.8. The fraction of sp³-hybridized carbons (Fsp3) is 0.273. The van der Waals surface area contributed by atoms with Crippen LogP contribution in [0.5, 0.6) is 0 Å². The van der Waals surface area contributed by atoms with Gasteiger partial charge in [0.25, 0.3) is 5.56 Å². The second-order valence-electron chi connectivity index (χ2n) is 7.63. The lowest BCUT2D eigenvalue weighted by atomic mass is 10.1. The van der Waals surface area contributed by atoms with E-state index in [0.29, 0.717) is 17.5 Å². The van der Waals surface area contributed by atoms with Crippen molar-refractivity contribution in [1.29, 1.82) is 0 Å². The van der Waals surface area contributed by atoms with Gasteiger partial charge in [-0.05, 0) is 68.5 Å². The van der Waals surface area contributed by atoms with Crippen LogP contribution in [0.2, 0.25) is 0 Å². The molecule has 0 aliphatic carbocycles. The van der Waals surface area contributed by atoms with Gasteiger partial charge in [0.05, 0.1) is 12.1 Å². The molecule has 5 heteroatoms. The van der Waals surface area contributed by atoms with E-state index in [-0.39, 0.29) is 11.5 Å². The zero-order valence-corrected chi connectivity index (χ0v) is 17.5. The largest absolute Gasteiger partial charge is 0.456 e. The third-order valence-electron chi connectivity index (χ3n) is 4.19. The Morgan fingerprint density at radius 1 is 1.07 bits per heavy atom. The summed E-state index contributed by atoms with van der Waals surface area (Å²) in [6.45, 7) is 7.96. The molecule has 0 spiro atoms. The van der Waals surface area contributed by atoms with E-state index in [1.165, 1.54) is 0 Å². The summed E-state index contributed by atoms with van der Waals surface area (Å²) in [5, 5.41) is 1.65. The Hall–Kier alpha value is -2.40. The fourth-order valence-corrected chi connectivity index (χ4v) is 3.31. The minimum absolute atomic E-state index is 0.0341. The van der Waals surface area contributed by atoms with E-state index >= 15 is 0 Å². The van der Waals surface area contributed by atoms with E-state index in [1.807, 2.05) is 64.2 Å². The highest BCUT2D eigenvalue weighted by Crippen LogP contribution is 2.20. The van der Waals surface area contributed by atoms with Crippen molar-refractivity contribution in [2.75, 3.05) is 0 Å². The van der Waals surface area contributed by atoms with E-state index in [1.54, 1.807) is 16.7 Å². The zero-order valence-electron chi connectivity index (χ0n) is 15.9. The molecule has 0 atom stereocenters. The first-order valence-corrected chi connectivity index (χ1v) is 9.55. The molecule has 1 heterocycles.